The molecule has 0 saturated heterocycles. The predicted molar refractivity (Wildman–Crippen MR) is 126 cm³/mol. The van der Waals surface area contributed by atoms with Crippen LogP contribution < -0.4 is 20.8 Å². The highest BCUT2D eigenvalue weighted by molar-refractivity contribution is 7.85. The molecule has 0 atom stereocenters. The molecular formula is C26H24NOP. The van der Waals surface area contributed by atoms with Crippen LogP contribution in [-0.2, 0) is 4.57 Å². The minimum Gasteiger partial charge on any atom is -0.378 e. The molecule has 3 heteroatoms. The normalized spacial score (nSPS) is 11.2. The first-order valence-electron chi connectivity index (χ1n) is 9.69. The summed E-state index contributed by atoms with van der Waals surface area (Å²) in [5.74, 6) is 0. The van der Waals surface area contributed by atoms with Crippen molar-refractivity contribution in [3.8, 4) is 11.1 Å². The summed E-state index contributed by atoms with van der Waals surface area (Å²) < 4.78 is 14.4. The molecule has 0 radical (unpaired) electrons. The highest BCUT2D eigenvalue weighted by atomic mass is 31.2. The molecule has 4 rings (SSSR count). The number of hydrogen-bond donors (Lipinski definition) is 0. The molecule has 0 heterocycles. The first kappa shape index (κ1) is 19.2. The van der Waals surface area contributed by atoms with E-state index in [0.29, 0.717) is 0 Å². The molecule has 0 amide bonds. The van der Waals surface area contributed by atoms with Crippen LogP contribution in [0.4, 0.5) is 5.69 Å². The maximum Gasteiger partial charge on any atom is 0.171 e. The number of benzene rings is 4. The third kappa shape index (κ3) is 3.77. The van der Waals surface area contributed by atoms with Crippen molar-refractivity contribution in [2.45, 2.75) is 0 Å². The molecule has 29 heavy (non-hydrogen) atoms. The van der Waals surface area contributed by atoms with Crippen LogP contribution in [0.1, 0.15) is 0 Å². The number of nitrogens with zero attached hydrogens (tertiary/aromatic N) is 1. The van der Waals surface area contributed by atoms with Gasteiger partial charge in [-0.2, -0.15) is 0 Å². The van der Waals surface area contributed by atoms with Gasteiger partial charge in [0.2, 0.25) is 0 Å². The zero-order valence-corrected chi connectivity index (χ0v) is 17.6. The summed E-state index contributed by atoms with van der Waals surface area (Å²) in [7, 11) is 1.16. The summed E-state index contributed by atoms with van der Waals surface area (Å²) in [6.45, 7) is 0. The maximum absolute atomic E-state index is 14.4. The van der Waals surface area contributed by atoms with Crippen LogP contribution in [0.2, 0.25) is 0 Å². The minimum absolute atomic E-state index is 0.851. The second-order valence-corrected chi connectivity index (χ2v) is 10.0. The molecule has 0 spiro atoms. The van der Waals surface area contributed by atoms with Crippen molar-refractivity contribution in [2.75, 3.05) is 19.0 Å². The van der Waals surface area contributed by atoms with E-state index in [9.17, 15) is 4.57 Å². The smallest absolute Gasteiger partial charge is 0.171 e. The Morgan fingerprint density at radius 1 is 0.517 bits per heavy atom. The van der Waals surface area contributed by atoms with E-state index in [4.69, 9.17) is 0 Å². The third-order valence-corrected chi connectivity index (χ3v) is 8.26. The Kier molecular flexibility index (Phi) is 5.38. The van der Waals surface area contributed by atoms with Gasteiger partial charge in [-0.1, -0.05) is 97.1 Å². The van der Waals surface area contributed by atoms with E-state index in [1.165, 1.54) is 5.69 Å². The van der Waals surface area contributed by atoms with Gasteiger partial charge in [-0.05, 0) is 23.3 Å². The highest BCUT2D eigenvalue weighted by Crippen LogP contribution is 2.42. The van der Waals surface area contributed by atoms with Gasteiger partial charge < -0.3 is 9.46 Å². The zero-order valence-electron chi connectivity index (χ0n) is 16.7. The van der Waals surface area contributed by atoms with E-state index in [0.717, 1.165) is 27.0 Å². The molecule has 0 aromatic heterocycles. The number of hydrogen-bond acceptors (Lipinski definition) is 2. The van der Waals surface area contributed by atoms with E-state index >= 15 is 0 Å². The molecular weight excluding hydrogens is 373 g/mol. The lowest BCUT2D eigenvalue weighted by atomic mass is 10.1. The molecule has 0 aliphatic carbocycles. The third-order valence-electron chi connectivity index (χ3n) is 5.19. The second-order valence-electron chi connectivity index (χ2n) is 7.27. The largest absolute Gasteiger partial charge is 0.378 e. The average molecular weight is 397 g/mol. The summed E-state index contributed by atoms with van der Waals surface area (Å²) >= 11 is 0. The zero-order chi connectivity index (χ0) is 20.3. The Hall–Kier alpha value is -3.09. The Labute approximate surface area is 172 Å². The molecule has 0 unspecified atom stereocenters. The van der Waals surface area contributed by atoms with Crippen molar-refractivity contribution >= 4 is 28.7 Å². The fourth-order valence-electron chi connectivity index (χ4n) is 3.54. The Morgan fingerprint density at radius 2 is 0.897 bits per heavy atom. The fourth-order valence-corrected chi connectivity index (χ4v) is 6.19. The number of rotatable bonds is 5. The predicted octanol–water partition coefficient (Wildman–Crippen LogP) is 5.06. The second kappa shape index (κ2) is 8.11. The standard InChI is InChI=1S/C26H24NOP/c1-27(2)23-17-13-21(14-18-23)22-15-19-26(20-16-22)29(28,24-9-5-3-6-10-24)25-11-7-4-8-12-25/h3-20H,1-2H3. The van der Waals surface area contributed by atoms with E-state index in [1.807, 2.05) is 86.9 Å². The number of anilines is 1. The van der Waals surface area contributed by atoms with Crippen molar-refractivity contribution in [2.24, 2.45) is 0 Å². The van der Waals surface area contributed by atoms with Crippen LogP contribution in [0.25, 0.3) is 11.1 Å². The van der Waals surface area contributed by atoms with Gasteiger partial charge in [0.25, 0.3) is 0 Å². The molecule has 0 fully saturated rings. The van der Waals surface area contributed by atoms with E-state index in [-0.39, 0.29) is 0 Å². The van der Waals surface area contributed by atoms with Crippen molar-refractivity contribution in [1.29, 1.82) is 0 Å². The van der Waals surface area contributed by atoms with Crippen molar-refractivity contribution in [3.05, 3.63) is 109 Å². The Morgan fingerprint density at radius 3 is 1.31 bits per heavy atom. The van der Waals surface area contributed by atoms with E-state index in [1.54, 1.807) is 0 Å². The van der Waals surface area contributed by atoms with E-state index < -0.39 is 7.14 Å². The molecule has 4 aromatic rings. The van der Waals surface area contributed by atoms with Crippen molar-refractivity contribution < 1.29 is 4.57 Å². The highest BCUT2D eigenvalue weighted by Gasteiger charge is 2.29. The first-order valence-corrected chi connectivity index (χ1v) is 11.4. The van der Waals surface area contributed by atoms with Gasteiger partial charge in [-0.25, -0.2) is 0 Å². The van der Waals surface area contributed by atoms with Gasteiger partial charge in [0, 0.05) is 35.7 Å². The molecule has 2 nitrogen and oxygen atoms in total. The topological polar surface area (TPSA) is 20.3 Å². The average Bonchev–Trinajstić information content (AvgIpc) is 2.80. The van der Waals surface area contributed by atoms with Crippen LogP contribution in [0, 0.1) is 0 Å². The quantitative estimate of drug-likeness (QED) is 0.439. The molecule has 0 aliphatic heterocycles. The minimum atomic E-state index is -2.92. The van der Waals surface area contributed by atoms with E-state index in [2.05, 4.69) is 41.3 Å². The van der Waals surface area contributed by atoms with Crippen molar-refractivity contribution in [1.82, 2.24) is 0 Å². The van der Waals surface area contributed by atoms with Gasteiger partial charge in [0.1, 0.15) is 0 Å². The summed E-state index contributed by atoms with van der Waals surface area (Å²) in [6.07, 6.45) is 0. The van der Waals surface area contributed by atoms with Crippen molar-refractivity contribution in [3.63, 3.8) is 0 Å². The first-order chi connectivity index (χ1) is 14.1. The van der Waals surface area contributed by atoms with Gasteiger partial charge in [0.05, 0.1) is 0 Å². The van der Waals surface area contributed by atoms with Gasteiger partial charge in [-0.3, -0.25) is 0 Å². The Balaban J connectivity index is 1.76. The van der Waals surface area contributed by atoms with Crippen LogP contribution in [-0.4, -0.2) is 14.1 Å². The lowest BCUT2D eigenvalue weighted by molar-refractivity contribution is 0.592. The summed E-state index contributed by atoms with van der Waals surface area (Å²) in [4.78, 5) is 2.09. The van der Waals surface area contributed by atoms with Crippen LogP contribution in [0.15, 0.2) is 109 Å². The summed E-state index contributed by atoms with van der Waals surface area (Å²) in [6, 6.07) is 36.2. The summed E-state index contributed by atoms with van der Waals surface area (Å²) in [5, 5.41) is 2.56. The van der Waals surface area contributed by atoms with Crippen LogP contribution >= 0.6 is 7.14 Å². The van der Waals surface area contributed by atoms with Crippen LogP contribution in [0.3, 0.4) is 0 Å². The van der Waals surface area contributed by atoms with Gasteiger partial charge >= 0.3 is 0 Å². The molecule has 4 aromatic carbocycles. The van der Waals surface area contributed by atoms with Gasteiger partial charge in [0.15, 0.2) is 7.14 Å². The lowest BCUT2D eigenvalue weighted by Crippen LogP contribution is -2.24. The van der Waals surface area contributed by atoms with Crippen LogP contribution in [0.5, 0.6) is 0 Å². The SMILES string of the molecule is CN(C)c1ccc(-c2ccc(P(=O)(c3ccccc3)c3ccccc3)cc2)cc1. The molecule has 144 valence electrons. The van der Waals surface area contributed by atoms with Gasteiger partial charge in [-0.15, -0.1) is 0 Å². The molecule has 0 N–H and O–H groups in total. The molecule has 0 aliphatic rings. The molecule has 0 saturated carbocycles. The molecule has 0 bridgehead atoms. The fraction of sp³-hybridized carbons (Fsp3) is 0.0769. The Bertz CT molecular complexity index is 1080. The lowest BCUT2D eigenvalue weighted by Gasteiger charge is -2.20. The maximum atomic E-state index is 14.4. The monoisotopic (exact) mass is 397 g/mol. The summed E-state index contributed by atoms with van der Waals surface area (Å²) in [5.41, 5.74) is 3.44.